The minimum absolute atomic E-state index is 0. The van der Waals surface area contributed by atoms with Gasteiger partial charge in [-0.2, -0.15) is 78.1 Å². The molecule has 0 saturated carbocycles. The first-order valence-corrected chi connectivity index (χ1v) is 15.6. The number of anilines is 3. The molecule has 5 aromatic rings. The molecule has 2 aliphatic rings. The van der Waals surface area contributed by atoms with E-state index >= 15 is 0 Å². The van der Waals surface area contributed by atoms with Crippen LogP contribution in [0.15, 0.2) is 177 Å². The molecule has 4 heteroatoms. The van der Waals surface area contributed by atoms with Crippen molar-refractivity contribution in [2.75, 3.05) is 4.90 Å². The molecule has 0 aromatic heterocycles. The van der Waals surface area contributed by atoms with Gasteiger partial charge in [-0.1, -0.05) is 110 Å². The molecular formula is C44H35IrN3-4. The molecule has 0 spiro atoms. The number of hydrogen-bond acceptors (Lipinski definition) is 1. The molecule has 7 rings (SSSR count). The molecule has 1 radical (unpaired) electrons. The molecule has 2 atom stereocenters. The maximum atomic E-state index is 4.55. The van der Waals surface area contributed by atoms with Gasteiger partial charge in [-0.15, -0.1) is 5.56 Å². The van der Waals surface area contributed by atoms with Crippen molar-refractivity contribution in [3.8, 4) is 11.1 Å². The Morgan fingerprint density at radius 1 is 0.542 bits per heavy atom. The Kier molecular flexibility index (Phi) is 12.0. The molecule has 2 unspecified atom stereocenters. The Morgan fingerprint density at radius 3 is 1.54 bits per heavy atom. The summed E-state index contributed by atoms with van der Waals surface area (Å²) in [6.45, 7) is 7.75. The molecule has 2 aliphatic heterocycles. The topological polar surface area (TPSA) is 31.4 Å². The fraction of sp³-hybridized carbons (Fsp3) is 0.0455. The van der Waals surface area contributed by atoms with Gasteiger partial charge in [0.05, 0.1) is 0 Å². The fourth-order valence-electron chi connectivity index (χ4n) is 5.39. The Labute approximate surface area is 298 Å². The average molecular weight is 798 g/mol. The van der Waals surface area contributed by atoms with Crippen LogP contribution in [-0.4, -0.2) is 0 Å². The van der Waals surface area contributed by atoms with Gasteiger partial charge in [-0.25, -0.2) is 0 Å². The number of allylic oxidation sites excluding steroid dienone is 4. The van der Waals surface area contributed by atoms with Gasteiger partial charge >= 0.3 is 0 Å². The van der Waals surface area contributed by atoms with Crippen LogP contribution in [0.3, 0.4) is 0 Å². The van der Waals surface area contributed by atoms with E-state index < -0.39 is 0 Å². The Hall–Kier alpha value is -5.41. The van der Waals surface area contributed by atoms with Crippen molar-refractivity contribution < 1.29 is 20.1 Å². The Balaban J connectivity index is 0.000000291. The van der Waals surface area contributed by atoms with Gasteiger partial charge in [0.25, 0.3) is 0 Å². The summed E-state index contributed by atoms with van der Waals surface area (Å²) in [6.07, 6.45) is 19.5. The van der Waals surface area contributed by atoms with Gasteiger partial charge < -0.3 is 15.5 Å². The molecule has 0 N–H and O–H groups in total. The molecule has 0 fully saturated rings. The van der Waals surface area contributed by atoms with E-state index in [1.54, 1.807) is 0 Å². The second-order valence-electron chi connectivity index (χ2n) is 11.0. The van der Waals surface area contributed by atoms with Crippen molar-refractivity contribution in [1.82, 2.24) is 0 Å². The van der Waals surface area contributed by atoms with Crippen molar-refractivity contribution in [2.24, 2.45) is 0 Å². The van der Waals surface area contributed by atoms with Crippen LogP contribution in [0, 0.1) is 12.1 Å². The quantitative estimate of drug-likeness (QED) is 0.144. The molecule has 5 aromatic carbocycles. The second kappa shape index (κ2) is 16.9. The first-order valence-electron chi connectivity index (χ1n) is 15.6. The third-order valence-corrected chi connectivity index (χ3v) is 7.90. The molecule has 2 heterocycles. The summed E-state index contributed by atoms with van der Waals surface area (Å²) in [4.78, 5) is 2.26. The number of hydrogen-bond donors (Lipinski definition) is 0. The minimum Gasteiger partial charge on any atom is -0.683 e. The van der Waals surface area contributed by atoms with Crippen LogP contribution in [0.5, 0.6) is 0 Å². The van der Waals surface area contributed by atoms with Gasteiger partial charge in [0, 0.05) is 37.2 Å². The molecule has 0 bridgehead atoms. The summed E-state index contributed by atoms with van der Waals surface area (Å²) < 4.78 is 0. The number of benzene rings is 5. The zero-order chi connectivity index (χ0) is 32.3. The maximum absolute atomic E-state index is 4.55. The van der Waals surface area contributed by atoms with Gasteiger partial charge in [-0.3, -0.25) is 0 Å². The molecule has 48 heavy (non-hydrogen) atoms. The standard InChI is InChI=1S/C33H26N2.C11H9N.Ir/c1-3-25-11-17-30(18-12-25)35(31-19-13-26(4-2)14-20-31)32-21-15-27(16-22-32)28-8-7-9-29(24-28)33-10-5-6-23-34-33;1-2-6-10(7-3-1)11-8-4-5-9-12-11;/h3-8,10-24,33H,1-2H2;1-6,8-9,11H;/q2*-2;. The fourth-order valence-corrected chi connectivity index (χ4v) is 5.39. The summed E-state index contributed by atoms with van der Waals surface area (Å²) in [6, 6.07) is 46.4. The van der Waals surface area contributed by atoms with Gasteiger partial charge in [0.15, 0.2) is 0 Å². The van der Waals surface area contributed by atoms with E-state index in [-0.39, 0.29) is 32.2 Å². The van der Waals surface area contributed by atoms with Crippen LogP contribution in [0.25, 0.3) is 33.9 Å². The molecule has 0 saturated heterocycles. The van der Waals surface area contributed by atoms with Crippen LogP contribution in [0.2, 0.25) is 0 Å². The smallest absolute Gasteiger partial charge is 0.0462 e. The van der Waals surface area contributed by atoms with Crippen LogP contribution < -0.4 is 4.90 Å². The minimum atomic E-state index is 0. The third-order valence-electron chi connectivity index (χ3n) is 7.90. The first-order chi connectivity index (χ1) is 23.2. The molecule has 239 valence electrons. The van der Waals surface area contributed by atoms with E-state index in [0.29, 0.717) is 0 Å². The van der Waals surface area contributed by atoms with Crippen LogP contribution in [-0.2, 0) is 20.1 Å². The first kappa shape index (κ1) is 33.9. The van der Waals surface area contributed by atoms with Crippen molar-refractivity contribution in [1.29, 1.82) is 0 Å². The average Bonchev–Trinajstić information content (AvgIpc) is 3.17. The van der Waals surface area contributed by atoms with Crippen LogP contribution in [0.1, 0.15) is 34.3 Å². The van der Waals surface area contributed by atoms with Crippen molar-refractivity contribution in [3.63, 3.8) is 0 Å². The van der Waals surface area contributed by atoms with Crippen LogP contribution in [0.4, 0.5) is 17.1 Å². The summed E-state index contributed by atoms with van der Waals surface area (Å²) in [5.74, 6) is 0. The third kappa shape index (κ3) is 8.48. The summed E-state index contributed by atoms with van der Waals surface area (Å²) in [5, 5.41) is 8.85. The Bertz CT molecular complexity index is 1850. The SMILES string of the molecule is C=Cc1ccc(N(c2ccc(C=C)cc2)c2ccc(-c3cc[c-]c(C4C=CC=C[N-]4)c3)cc2)cc1.[Ir].[c-]1ccccc1C1C=CC=C[N-]1. The predicted octanol–water partition coefficient (Wildman–Crippen LogP) is 12.4. The van der Waals surface area contributed by atoms with Crippen molar-refractivity contribution >= 4 is 29.2 Å². The monoisotopic (exact) mass is 798 g/mol. The van der Waals surface area contributed by atoms with E-state index in [1.165, 1.54) is 0 Å². The molecule has 3 nitrogen and oxygen atoms in total. The summed E-state index contributed by atoms with van der Waals surface area (Å²) >= 11 is 0. The largest absolute Gasteiger partial charge is 0.683 e. The van der Waals surface area contributed by atoms with E-state index in [4.69, 9.17) is 0 Å². The normalized spacial score (nSPS) is 15.5. The molecule has 0 aliphatic carbocycles. The van der Waals surface area contributed by atoms with Gasteiger partial charge in [0.1, 0.15) is 0 Å². The molecular weight excluding hydrogens is 763 g/mol. The Morgan fingerprint density at radius 2 is 1.06 bits per heavy atom. The number of nitrogens with zero attached hydrogens (tertiary/aromatic N) is 3. The van der Waals surface area contributed by atoms with Crippen molar-refractivity contribution in [2.45, 2.75) is 12.1 Å². The number of rotatable bonds is 8. The zero-order valence-electron chi connectivity index (χ0n) is 26.5. The van der Waals surface area contributed by atoms with E-state index in [9.17, 15) is 0 Å². The van der Waals surface area contributed by atoms with Gasteiger partial charge in [0.2, 0.25) is 0 Å². The van der Waals surface area contributed by atoms with E-state index in [0.717, 1.165) is 50.4 Å². The van der Waals surface area contributed by atoms with Crippen molar-refractivity contribution in [3.05, 3.63) is 222 Å². The van der Waals surface area contributed by atoms with Crippen LogP contribution >= 0.6 is 0 Å². The maximum Gasteiger partial charge on any atom is 0.0462 e. The summed E-state index contributed by atoms with van der Waals surface area (Å²) in [7, 11) is 0. The van der Waals surface area contributed by atoms with E-state index in [1.807, 2.05) is 79.2 Å². The predicted molar refractivity (Wildman–Crippen MR) is 200 cm³/mol. The second-order valence-corrected chi connectivity index (χ2v) is 11.0. The molecule has 0 amide bonds. The summed E-state index contributed by atoms with van der Waals surface area (Å²) in [5.41, 5.74) is 9.95. The van der Waals surface area contributed by atoms with E-state index in [2.05, 4.69) is 138 Å². The zero-order valence-corrected chi connectivity index (χ0v) is 28.9. The van der Waals surface area contributed by atoms with Gasteiger partial charge in [-0.05, 0) is 53.1 Å².